The van der Waals surface area contributed by atoms with Crippen molar-refractivity contribution >= 4 is 0 Å². The van der Waals surface area contributed by atoms with Gasteiger partial charge in [-0.1, -0.05) is 90.4 Å². The number of hydrogen-bond acceptors (Lipinski definition) is 1. The first-order chi connectivity index (χ1) is 23.1. The number of rotatable bonds is 17. The molecule has 0 aromatic carbocycles. The highest BCUT2D eigenvalue weighted by Crippen LogP contribution is 2.69. The molecule has 268 valence electrons. The predicted molar refractivity (Wildman–Crippen MR) is 207 cm³/mol. The molecule has 47 heavy (non-hydrogen) atoms. The highest BCUT2D eigenvalue weighted by atomic mass is 15.2. The van der Waals surface area contributed by atoms with E-state index in [1.165, 1.54) is 161 Å². The summed E-state index contributed by atoms with van der Waals surface area (Å²) in [4.78, 5) is 3.25. The Hall–Kier alpha value is -0.820. The smallest absolute Gasteiger partial charge is 0.0101 e. The number of fused-ring (bicyclic) bond motifs is 1. The van der Waals surface area contributed by atoms with E-state index in [0.29, 0.717) is 5.41 Å². The van der Waals surface area contributed by atoms with E-state index >= 15 is 0 Å². The average Bonchev–Trinajstić information content (AvgIpc) is 3.40. The third kappa shape index (κ3) is 7.91. The van der Waals surface area contributed by atoms with E-state index in [0.717, 1.165) is 65.5 Å². The molecule has 1 nitrogen and oxygen atoms in total. The van der Waals surface area contributed by atoms with Crippen molar-refractivity contribution in [1.82, 2.24) is 4.90 Å². The molecule has 0 bridgehead atoms. The fraction of sp³-hybridized carbons (Fsp3) is 0.870. The largest absolute Gasteiger partial charge is 0.294 e. The van der Waals surface area contributed by atoms with E-state index in [4.69, 9.17) is 6.58 Å². The third-order valence-corrected chi connectivity index (χ3v) is 15.8. The van der Waals surface area contributed by atoms with Gasteiger partial charge in [0.1, 0.15) is 0 Å². The van der Waals surface area contributed by atoms with Crippen LogP contribution >= 0.6 is 0 Å². The number of hydrogen-bond donors (Lipinski definition) is 0. The summed E-state index contributed by atoms with van der Waals surface area (Å²) in [7, 11) is 0. The van der Waals surface area contributed by atoms with E-state index < -0.39 is 0 Å². The van der Waals surface area contributed by atoms with E-state index in [-0.39, 0.29) is 0 Å². The zero-order valence-electron chi connectivity index (χ0n) is 31.8. The molecule has 0 aliphatic heterocycles. The van der Waals surface area contributed by atoms with E-state index in [1.54, 1.807) is 0 Å². The number of nitrogens with zero attached hydrogens (tertiary/aromatic N) is 1. The van der Waals surface area contributed by atoms with Crippen LogP contribution in [0.1, 0.15) is 181 Å². The molecule has 5 rings (SSSR count). The maximum atomic E-state index is 4.69. The SMILES string of the molecule is C=CCCC(CC)C1CCC(N(C2CCCCC2)C2CCC(C3(C(CC)CCC=C)C(C=C)C(CCC)C4CCCCC43)CC2)CC1. The van der Waals surface area contributed by atoms with Gasteiger partial charge in [-0.05, 0) is 162 Å². The Morgan fingerprint density at radius 3 is 1.85 bits per heavy atom. The van der Waals surface area contributed by atoms with E-state index in [1.807, 2.05) is 0 Å². The zero-order valence-corrected chi connectivity index (χ0v) is 31.8. The van der Waals surface area contributed by atoms with E-state index in [2.05, 4.69) is 57.1 Å². The quantitative estimate of drug-likeness (QED) is 0.142. The Morgan fingerprint density at radius 1 is 0.660 bits per heavy atom. The summed E-state index contributed by atoms with van der Waals surface area (Å²) in [5.41, 5.74) is 0.476. The van der Waals surface area contributed by atoms with Crippen LogP contribution < -0.4 is 0 Å². The van der Waals surface area contributed by atoms with Crippen molar-refractivity contribution in [1.29, 1.82) is 0 Å². The van der Waals surface area contributed by atoms with Crippen molar-refractivity contribution in [3.8, 4) is 0 Å². The summed E-state index contributed by atoms with van der Waals surface area (Å²) >= 11 is 0. The van der Waals surface area contributed by atoms with Crippen molar-refractivity contribution in [3.63, 3.8) is 0 Å². The zero-order chi connectivity index (χ0) is 33.2. The van der Waals surface area contributed by atoms with Crippen LogP contribution in [-0.4, -0.2) is 23.0 Å². The highest BCUT2D eigenvalue weighted by molar-refractivity contribution is 5.16. The van der Waals surface area contributed by atoms with Gasteiger partial charge in [-0.2, -0.15) is 0 Å². The molecule has 7 atom stereocenters. The first-order valence-corrected chi connectivity index (χ1v) is 21.7. The summed E-state index contributed by atoms with van der Waals surface area (Å²) in [5, 5.41) is 0. The topological polar surface area (TPSA) is 3.24 Å². The molecule has 5 saturated carbocycles. The molecule has 0 amide bonds. The van der Waals surface area contributed by atoms with Crippen molar-refractivity contribution in [2.75, 3.05) is 0 Å². The molecule has 5 aliphatic rings. The molecule has 1 heteroatoms. The highest BCUT2D eigenvalue weighted by Gasteiger charge is 2.63. The molecule has 0 spiro atoms. The van der Waals surface area contributed by atoms with Crippen molar-refractivity contribution < 1.29 is 0 Å². The van der Waals surface area contributed by atoms with Crippen molar-refractivity contribution in [2.45, 2.75) is 199 Å². The monoisotopic (exact) mass is 646 g/mol. The molecule has 0 radical (unpaired) electrons. The van der Waals surface area contributed by atoms with Crippen LogP contribution in [0.15, 0.2) is 38.0 Å². The Bertz CT molecular complexity index is 929. The summed E-state index contributed by atoms with van der Waals surface area (Å²) in [5.74, 6) is 7.09. The van der Waals surface area contributed by atoms with Crippen LogP contribution in [0.3, 0.4) is 0 Å². The second-order valence-corrected chi connectivity index (χ2v) is 17.6. The van der Waals surface area contributed by atoms with Gasteiger partial charge in [-0.25, -0.2) is 0 Å². The van der Waals surface area contributed by atoms with Gasteiger partial charge < -0.3 is 0 Å². The van der Waals surface area contributed by atoms with Crippen LogP contribution in [0.5, 0.6) is 0 Å². The fourth-order valence-corrected chi connectivity index (χ4v) is 14.0. The van der Waals surface area contributed by atoms with Crippen LogP contribution in [0.4, 0.5) is 0 Å². The minimum atomic E-state index is 0.476. The van der Waals surface area contributed by atoms with Crippen molar-refractivity contribution in [2.24, 2.45) is 52.8 Å². The Kier molecular flexibility index (Phi) is 14.7. The number of allylic oxidation sites excluding steroid dienone is 3. The molecule has 7 unspecified atom stereocenters. The summed E-state index contributed by atoms with van der Waals surface area (Å²) in [6.07, 6.45) is 42.7. The molecule has 0 aromatic rings. The van der Waals surface area contributed by atoms with Gasteiger partial charge in [-0.3, -0.25) is 4.90 Å². The summed E-state index contributed by atoms with van der Waals surface area (Å²) < 4.78 is 0. The molecular formula is C46H79N. The maximum absolute atomic E-state index is 4.69. The average molecular weight is 646 g/mol. The minimum Gasteiger partial charge on any atom is -0.294 e. The molecule has 5 fully saturated rings. The van der Waals surface area contributed by atoms with Gasteiger partial charge in [0.05, 0.1) is 0 Å². The predicted octanol–water partition coefficient (Wildman–Crippen LogP) is 13.7. The van der Waals surface area contributed by atoms with Crippen LogP contribution in [0.2, 0.25) is 0 Å². The molecule has 0 saturated heterocycles. The van der Waals surface area contributed by atoms with E-state index in [9.17, 15) is 0 Å². The second kappa shape index (κ2) is 18.4. The normalized spacial score (nSPS) is 38.0. The van der Waals surface area contributed by atoms with Gasteiger partial charge in [0, 0.05) is 18.1 Å². The Labute approximate surface area is 294 Å². The lowest BCUT2D eigenvalue weighted by Crippen LogP contribution is -2.54. The second-order valence-electron chi connectivity index (χ2n) is 17.6. The van der Waals surface area contributed by atoms with Crippen LogP contribution in [0.25, 0.3) is 0 Å². The minimum absolute atomic E-state index is 0.476. The molecule has 0 heterocycles. The van der Waals surface area contributed by atoms with Crippen LogP contribution in [-0.2, 0) is 0 Å². The Balaban J connectivity index is 1.37. The molecular weight excluding hydrogens is 567 g/mol. The van der Waals surface area contributed by atoms with Gasteiger partial charge in [0.2, 0.25) is 0 Å². The lowest BCUT2D eigenvalue weighted by Gasteiger charge is -2.56. The van der Waals surface area contributed by atoms with Gasteiger partial charge in [0.15, 0.2) is 0 Å². The summed E-state index contributed by atoms with van der Waals surface area (Å²) in [6.45, 7) is 20.4. The van der Waals surface area contributed by atoms with Crippen LogP contribution in [0, 0.1) is 52.8 Å². The van der Waals surface area contributed by atoms with Gasteiger partial charge >= 0.3 is 0 Å². The standard InChI is InChI=1S/C46H79N/c1-7-13-21-35(10-4)36-27-31-40(32-28-36)47(39-23-16-15-17-24-39)41-33-29-38(30-34-41)46(37(11-5)22-14-8-2)44(12-6)42(20-9-3)43-25-18-19-26-45(43)46/h7-8,12,35-45H,1-2,6,9-11,13-34H2,3-5H3. The molecule has 0 N–H and O–H groups in total. The third-order valence-electron chi connectivity index (χ3n) is 15.8. The van der Waals surface area contributed by atoms with Gasteiger partial charge in [-0.15, -0.1) is 19.7 Å². The first kappa shape index (κ1) is 37.4. The lowest BCUT2D eigenvalue weighted by molar-refractivity contribution is -0.0662. The Morgan fingerprint density at radius 2 is 1.26 bits per heavy atom. The molecule has 5 aliphatic carbocycles. The summed E-state index contributed by atoms with van der Waals surface area (Å²) in [6, 6.07) is 2.55. The maximum Gasteiger partial charge on any atom is 0.0101 e. The lowest BCUT2D eigenvalue weighted by atomic mass is 9.50. The van der Waals surface area contributed by atoms with Crippen molar-refractivity contribution in [3.05, 3.63) is 38.0 Å². The molecule has 0 aromatic heterocycles. The fourth-order valence-electron chi connectivity index (χ4n) is 14.0. The first-order valence-electron chi connectivity index (χ1n) is 21.7. The van der Waals surface area contributed by atoms with Gasteiger partial charge in [0.25, 0.3) is 0 Å².